The van der Waals surface area contributed by atoms with Crippen molar-refractivity contribution in [2.75, 3.05) is 0 Å². The Morgan fingerprint density at radius 3 is 2.60 bits per heavy atom. The maximum atomic E-state index is 3.90. The third-order valence-corrected chi connectivity index (χ3v) is 1.79. The molecule has 0 aliphatic heterocycles. The van der Waals surface area contributed by atoms with E-state index in [1.54, 1.807) is 0 Å². The van der Waals surface area contributed by atoms with E-state index >= 15 is 0 Å². The van der Waals surface area contributed by atoms with Crippen molar-refractivity contribution in [1.82, 2.24) is 0 Å². The fourth-order valence-electron chi connectivity index (χ4n) is 0.770. The molecule has 0 saturated carbocycles. The van der Waals surface area contributed by atoms with Crippen molar-refractivity contribution in [1.29, 1.82) is 0 Å². The number of rotatable bonds is 1. The molecule has 0 spiro atoms. The first kappa shape index (κ1) is 7.62. The molecule has 0 aliphatic rings. The van der Waals surface area contributed by atoms with Gasteiger partial charge in [-0.15, -0.1) is 0 Å². The molecule has 0 saturated heterocycles. The molecule has 0 amide bonds. The van der Waals surface area contributed by atoms with Crippen LogP contribution in [0.4, 0.5) is 0 Å². The average Bonchev–Trinajstić information content (AvgIpc) is 1.94. The van der Waals surface area contributed by atoms with E-state index in [9.17, 15) is 0 Å². The summed E-state index contributed by atoms with van der Waals surface area (Å²) in [6.07, 6.45) is 2.09. The predicted molar refractivity (Wildman–Crippen MR) is 41.7 cm³/mol. The van der Waals surface area contributed by atoms with Gasteiger partial charge in [0.25, 0.3) is 0 Å². The van der Waals surface area contributed by atoms with Crippen LogP contribution in [0.1, 0.15) is 0 Å². The molecule has 0 fully saturated rings. The van der Waals surface area contributed by atoms with E-state index in [1.165, 1.54) is 24.6 Å². The Hall–Kier alpha value is -0.482. The second kappa shape index (κ2) is 3.63. The molecule has 50 valence electrons. The van der Waals surface area contributed by atoms with Crippen molar-refractivity contribution in [3.05, 3.63) is 34.7 Å². The van der Waals surface area contributed by atoms with Gasteiger partial charge >= 0.3 is 71.1 Å². The van der Waals surface area contributed by atoms with E-state index in [-0.39, 0.29) is 0 Å². The van der Waals surface area contributed by atoms with Crippen LogP contribution in [-0.2, 0) is 19.4 Å². The summed E-state index contributed by atoms with van der Waals surface area (Å²) in [5, 5.41) is 2.32. The zero-order chi connectivity index (χ0) is 7.40. The fraction of sp³-hybridized carbons (Fsp3) is 0. The van der Waals surface area contributed by atoms with Gasteiger partial charge < -0.3 is 0 Å². The summed E-state index contributed by atoms with van der Waals surface area (Å²) in [6.45, 7) is 3.90. The Kier molecular flexibility index (Phi) is 2.77. The van der Waals surface area contributed by atoms with Crippen LogP contribution in [0.15, 0.2) is 24.3 Å². The number of hydrogen-bond donors (Lipinski definition) is 0. The SMILES string of the molecule is C=c1cccc/c1=C/[CH]=[W]. The van der Waals surface area contributed by atoms with Crippen LogP contribution in [0.5, 0.6) is 0 Å². The monoisotopic (exact) mass is 300 g/mol. The zero-order valence-corrected chi connectivity index (χ0v) is 8.51. The molecule has 0 atom stereocenters. The van der Waals surface area contributed by atoms with Gasteiger partial charge in [-0.1, -0.05) is 0 Å². The van der Waals surface area contributed by atoms with Gasteiger partial charge in [-0.25, -0.2) is 0 Å². The van der Waals surface area contributed by atoms with Gasteiger partial charge in [-0.3, -0.25) is 0 Å². The van der Waals surface area contributed by atoms with Crippen LogP contribution < -0.4 is 10.4 Å². The topological polar surface area (TPSA) is 0 Å². The van der Waals surface area contributed by atoms with Gasteiger partial charge in [0.2, 0.25) is 0 Å². The molecular formula is C9H8W. The van der Waals surface area contributed by atoms with Crippen LogP contribution >= 0.6 is 0 Å². The molecule has 1 aromatic carbocycles. The van der Waals surface area contributed by atoms with Crippen molar-refractivity contribution in [3.8, 4) is 0 Å². The first-order valence-electron chi connectivity index (χ1n) is 3.04. The fourth-order valence-corrected chi connectivity index (χ4v) is 1.30. The minimum atomic E-state index is 1.10. The summed E-state index contributed by atoms with van der Waals surface area (Å²) in [5.41, 5.74) is 0. The molecular weight excluding hydrogens is 292 g/mol. The van der Waals surface area contributed by atoms with Crippen molar-refractivity contribution >= 4 is 17.1 Å². The van der Waals surface area contributed by atoms with Gasteiger partial charge in [-0.2, -0.15) is 0 Å². The standard InChI is InChI=1S/C9H8.W/c1-3-9-7-5-4-6-8(9)2;/h1,3-7H,2H2;/b9-3-;. The van der Waals surface area contributed by atoms with E-state index in [1.807, 2.05) is 18.2 Å². The Labute approximate surface area is 71.3 Å². The molecule has 0 heterocycles. The molecule has 0 nitrogen and oxygen atoms in total. The summed E-state index contributed by atoms with van der Waals surface area (Å²) in [5.74, 6) is 0. The maximum absolute atomic E-state index is 3.90. The van der Waals surface area contributed by atoms with Gasteiger partial charge in [0.15, 0.2) is 0 Å². The molecule has 1 heteroatoms. The van der Waals surface area contributed by atoms with E-state index < -0.39 is 0 Å². The van der Waals surface area contributed by atoms with Crippen molar-refractivity contribution in [3.63, 3.8) is 0 Å². The molecule has 0 N–H and O–H groups in total. The van der Waals surface area contributed by atoms with Gasteiger partial charge in [0.05, 0.1) is 0 Å². The van der Waals surface area contributed by atoms with Crippen molar-refractivity contribution in [2.45, 2.75) is 0 Å². The second-order valence-electron chi connectivity index (χ2n) is 2.00. The molecule has 0 aliphatic carbocycles. The zero-order valence-electron chi connectivity index (χ0n) is 5.58. The Morgan fingerprint density at radius 2 is 2.00 bits per heavy atom. The predicted octanol–water partition coefficient (Wildman–Crippen LogP) is 0.226. The quantitative estimate of drug-likeness (QED) is 0.696. The van der Waals surface area contributed by atoms with Crippen LogP contribution in [0.2, 0.25) is 0 Å². The number of benzene rings is 1. The second-order valence-corrected chi connectivity index (χ2v) is 2.98. The van der Waals surface area contributed by atoms with Crippen molar-refractivity contribution in [2.24, 2.45) is 0 Å². The minimum absolute atomic E-state index is 1.10. The summed E-state index contributed by atoms with van der Waals surface area (Å²) in [7, 11) is 0. The van der Waals surface area contributed by atoms with Gasteiger partial charge in [0, 0.05) is 0 Å². The van der Waals surface area contributed by atoms with Crippen LogP contribution in [0, 0.1) is 0 Å². The third kappa shape index (κ3) is 1.75. The first-order chi connectivity index (χ1) is 4.84. The van der Waals surface area contributed by atoms with Crippen LogP contribution in [0.25, 0.3) is 12.7 Å². The normalized spacial score (nSPS) is 11.4. The Balaban J connectivity index is 3.43. The third-order valence-electron chi connectivity index (χ3n) is 1.30. The molecule has 0 radical (unpaired) electrons. The number of hydrogen-bond acceptors (Lipinski definition) is 0. The molecule has 0 unspecified atom stereocenters. The Bertz CT molecular complexity index is 325. The summed E-state index contributed by atoms with van der Waals surface area (Å²) in [6, 6.07) is 8.12. The molecule has 10 heavy (non-hydrogen) atoms. The van der Waals surface area contributed by atoms with Crippen molar-refractivity contribution < 1.29 is 19.4 Å². The van der Waals surface area contributed by atoms with Crippen LogP contribution in [-0.4, -0.2) is 4.40 Å². The van der Waals surface area contributed by atoms with Gasteiger partial charge in [-0.05, 0) is 0 Å². The van der Waals surface area contributed by atoms with Crippen LogP contribution in [0.3, 0.4) is 0 Å². The first-order valence-corrected chi connectivity index (χ1v) is 4.73. The van der Waals surface area contributed by atoms with E-state index in [0.717, 1.165) is 5.22 Å². The molecule has 0 bridgehead atoms. The Morgan fingerprint density at radius 1 is 1.30 bits per heavy atom. The van der Waals surface area contributed by atoms with E-state index in [0.29, 0.717) is 0 Å². The summed E-state index contributed by atoms with van der Waals surface area (Å²) in [4.78, 5) is 0. The molecule has 0 aromatic heterocycles. The molecule has 1 aromatic rings. The van der Waals surface area contributed by atoms with E-state index in [2.05, 4.69) is 23.1 Å². The van der Waals surface area contributed by atoms with E-state index in [4.69, 9.17) is 0 Å². The summed E-state index contributed by atoms with van der Waals surface area (Å²) >= 11 is 1.47. The summed E-state index contributed by atoms with van der Waals surface area (Å²) < 4.78 is 2.10. The average molecular weight is 300 g/mol. The van der Waals surface area contributed by atoms with Gasteiger partial charge in [0.1, 0.15) is 0 Å². The molecule has 1 rings (SSSR count).